The predicted octanol–water partition coefficient (Wildman–Crippen LogP) is 5.67. The molecule has 1 aromatic carbocycles. The number of hydrogen-bond donors (Lipinski definition) is 0. The van der Waals surface area contributed by atoms with E-state index < -0.39 is 14.4 Å². The van der Waals surface area contributed by atoms with E-state index in [1.165, 1.54) is 16.2 Å². The highest BCUT2D eigenvalue weighted by molar-refractivity contribution is 7.14. The highest BCUT2D eigenvalue weighted by Gasteiger charge is 2.55. The fourth-order valence-corrected chi connectivity index (χ4v) is 7.53. The van der Waals surface area contributed by atoms with E-state index in [4.69, 9.17) is 4.43 Å². The monoisotopic (exact) mass is 430 g/mol. The molecule has 3 rings (SSSR count). The Labute approximate surface area is 178 Å². The number of urea groups is 1. The van der Waals surface area contributed by atoms with E-state index in [2.05, 4.69) is 20.8 Å². The predicted molar refractivity (Wildman–Crippen MR) is 121 cm³/mol. The fourth-order valence-electron chi connectivity index (χ4n) is 3.97. The summed E-state index contributed by atoms with van der Waals surface area (Å²) in [7, 11) is -1.99. The second kappa shape index (κ2) is 9.24. The lowest BCUT2D eigenvalue weighted by molar-refractivity contribution is -0.157. The molecule has 1 aliphatic rings. The van der Waals surface area contributed by atoms with Crippen molar-refractivity contribution in [3.8, 4) is 0 Å². The van der Waals surface area contributed by atoms with Gasteiger partial charge in [0.15, 0.2) is 14.4 Å². The van der Waals surface area contributed by atoms with Gasteiger partial charge in [-0.05, 0) is 48.1 Å². The van der Waals surface area contributed by atoms with Crippen LogP contribution in [0.2, 0.25) is 18.1 Å². The Balaban J connectivity index is 1.93. The number of thiophene rings is 1. The van der Waals surface area contributed by atoms with Crippen molar-refractivity contribution in [3.63, 3.8) is 0 Å². The average Bonchev–Trinajstić information content (AvgIpc) is 3.28. The van der Waals surface area contributed by atoms with Crippen LogP contribution in [0.5, 0.6) is 0 Å². The molecule has 2 heterocycles. The van der Waals surface area contributed by atoms with E-state index in [-0.39, 0.29) is 18.0 Å². The highest BCUT2D eigenvalue weighted by Crippen LogP contribution is 2.41. The van der Waals surface area contributed by atoms with Gasteiger partial charge in [-0.3, -0.25) is 14.6 Å². The minimum Gasteiger partial charge on any atom is -0.403 e. The third-order valence-electron chi connectivity index (χ3n) is 6.02. The number of hydrogen-bond acceptors (Lipinski definition) is 4. The number of anilines is 1. The first kappa shape index (κ1) is 21.7. The van der Waals surface area contributed by atoms with Gasteiger partial charge in [0.1, 0.15) is 6.04 Å². The molecule has 1 saturated heterocycles. The van der Waals surface area contributed by atoms with Crippen LogP contribution in [-0.4, -0.2) is 37.8 Å². The molecule has 29 heavy (non-hydrogen) atoms. The molecule has 0 N–H and O–H groups in total. The standard InChI is InChI=1S/C22H30N2O3SSi/c1-5-23(18-15-12-16-28-18)22(26)24-19(17-13-10-9-11-14-17)20(21(24)25)27-29(6-2,7-3)8-4/h9-16,19-20H,5-8H2,1-4H3/t19-,20+/m1/s1. The third kappa shape index (κ3) is 4.04. The normalized spacial score (nSPS) is 19.2. The topological polar surface area (TPSA) is 49.9 Å². The summed E-state index contributed by atoms with van der Waals surface area (Å²) in [6, 6.07) is 15.9. The second-order valence-electron chi connectivity index (χ2n) is 7.32. The van der Waals surface area contributed by atoms with Crippen LogP contribution in [0.15, 0.2) is 47.8 Å². The Bertz CT molecular complexity index is 816. The number of nitrogens with zero attached hydrogens (tertiary/aromatic N) is 2. The molecular weight excluding hydrogens is 400 g/mol. The van der Waals surface area contributed by atoms with Gasteiger partial charge in [0.25, 0.3) is 5.91 Å². The zero-order chi connectivity index (χ0) is 21.0. The molecule has 1 aliphatic heterocycles. The number of benzene rings is 1. The van der Waals surface area contributed by atoms with Crippen LogP contribution in [0.1, 0.15) is 39.3 Å². The first-order valence-corrected chi connectivity index (χ1v) is 13.8. The highest BCUT2D eigenvalue weighted by atomic mass is 32.1. The number of β-lactam (4-membered cyclic amide) rings is 1. The van der Waals surface area contributed by atoms with Gasteiger partial charge in [0.05, 0.1) is 5.00 Å². The van der Waals surface area contributed by atoms with Crippen LogP contribution in [0, 0.1) is 0 Å². The molecule has 2 atom stereocenters. The van der Waals surface area contributed by atoms with E-state index >= 15 is 0 Å². The molecule has 2 aromatic rings. The van der Waals surface area contributed by atoms with Crippen molar-refractivity contribution >= 4 is 36.6 Å². The minimum atomic E-state index is -1.99. The lowest BCUT2D eigenvalue weighted by Gasteiger charge is -2.49. The van der Waals surface area contributed by atoms with Gasteiger partial charge < -0.3 is 4.43 Å². The molecule has 0 unspecified atom stereocenters. The van der Waals surface area contributed by atoms with Crippen molar-refractivity contribution in [2.45, 2.75) is 58.0 Å². The molecule has 0 radical (unpaired) electrons. The number of likely N-dealkylation sites (tertiary alicyclic amines) is 1. The first-order chi connectivity index (χ1) is 14.0. The molecule has 0 spiro atoms. The minimum absolute atomic E-state index is 0.217. The molecule has 5 nitrogen and oxygen atoms in total. The van der Waals surface area contributed by atoms with E-state index in [1.54, 1.807) is 4.90 Å². The van der Waals surface area contributed by atoms with Gasteiger partial charge in [-0.1, -0.05) is 51.1 Å². The van der Waals surface area contributed by atoms with Crippen LogP contribution in [-0.2, 0) is 9.22 Å². The Morgan fingerprint density at radius 3 is 2.24 bits per heavy atom. The summed E-state index contributed by atoms with van der Waals surface area (Å²) < 4.78 is 6.56. The number of carbonyl (C=O) groups excluding carboxylic acids is 2. The molecule has 3 amide bonds. The molecule has 0 aliphatic carbocycles. The van der Waals surface area contributed by atoms with E-state index in [1.807, 2.05) is 54.8 Å². The van der Waals surface area contributed by atoms with Gasteiger partial charge in [0.2, 0.25) is 0 Å². The van der Waals surface area contributed by atoms with Crippen LogP contribution in [0.4, 0.5) is 9.80 Å². The van der Waals surface area contributed by atoms with Crippen LogP contribution in [0.3, 0.4) is 0 Å². The summed E-state index contributed by atoms with van der Waals surface area (Å²) in [6.45, 7) is 8.89. The summed E-state index contributed by atoms with van der Waals surface area (Å²) >= 11 is 1.50. The van der Waals surface area contributed by atoms with Gasteiger partial charge in [-0.25, -0.2) is 4.79 Å². The Morgan fingerprint density at radius 2 is 1.72 bits per heavy atom. The molecule has 0 bridgehead atoms. The third-order valence-corrected chi connectivity index (χ3v) is 11.5. The number of carbonyl (C=O) groups is 2. The summed E-state index contributed by atoms with van der Waals surface area (Å²) in [5.41, 5.74) is 0.943. The van der Waals surface area contributed by atoms with Crippen LogP contribution < -0.4 is 4.90 Å². The first-order valence-electron chi connectivity index (χ1n) is 10.4. The lowest BCUT2D eigenvalue weighted by atomic mass is 9.91. The molecule has 0 saturated carbocycles. The maximum Gasteiger partial charge on any atom is 0.332 e. The summed E-state index contributed by atoms with van der Waals surface area (Å²) in [4.78, 5) is 29.6. The van der Waals surface area contributed by atoms with Crippen molar-refractivity contribution in [1.29, 1.82) is 0 Å². The Hall–Kier alpha value is -1.96. The molecule has 1 aromatic heterocycles. The quantitative estimate of drug-likeness (QED) is 0.400. The maximum absolute atomic E-state index is 13.4. The Kier molecular flexibility index (Phi) is 6.92. The largest absolute Gasteiger partial charge is 0.403 e. The molecule has 7 heteroatoms. The zero-order valence-electron chi connectivity index (χ0n) is 17.6. The van der Waals surface area contributed by atoms with Gasteiger partial charge in [0, 0.05) is 6.54 Å². The van der Waals surface area contributed by atoms with Crippen molar-refractivity contribution in [2.24, 2.45) is 0 Å². The fraction of sp³-hybridized carbons (Fsp3) is 0.455. The molecule has 1 fully saturated rings. The smallest absolute Gasteiger partial charge is 0.332 e. The van der Waals surface area contributed by atoms with E-state index in [0.29, 0.717) is 6.54 Å². The zero-order valence-corrected chi connectivity index (χ0v) is 19.4. The lowest BCUT2D eigenvalue weighted by Crippen LogP contribution is -2.66. The van der Waals surface area contributed by atoms with Crippen molar-refractivity contribution < 1.29 is 14.0 Å². The van der Waals surface area contributed by atoms with E-state index in [9.17, 15) is 9.59 Å². The van der Waals surface area contributed by atoms with Crippen LogP contribution in [0.25, 0.3) is 0 Å². The number of amides is 3. The second-order valence-corrected chi connectivity index (χ2v) is 13.0. The summed E-state index contributed by atoms with van der Waals surface area (Å²) in [5.74, 6) is -0.217. The van der Waals surface area contributed by atoms with Gasteiger partial charge in [-0.2, -0.15) is 0 Å². The number of rotatable bonds is 8. The van der Waals surface area contributed by atoms with Crippen molar-refractivity contribution in [3.05, 3.63) is 53.4 Å². The molecular formula is C22H30N2O3SSi. The Morgan fingerprint density at radius 1 is 1.07 bits per heavy atom. The maximum atomic E-state index is 13.4. The van der Waals surface area contributed by atoms with Gasteiger partial charge in [-0.15, -0.1) is 11.3 Å². The summed E-state index contributed by atoms with van der Waals surface area (Å²) in [6.07, 6.45) is -0.574. The van der Waals surface area contributed by atoms with Crippen molar-refractivity contribution in [1.82, 2.24) is 4.90 Å². The SMILES string of the molecule is CCN(C(=O)N1C(=O)[C@@H](O[Si](CC)(CC)CC)[C@H]1c1ccccc1)c1cccs1. The van der Waals surface area contributed by atoms with Gasteiger partial charge >= 0.3 is 6.03 Å². The average molecular weight is 431 g/mol. The summed E-state index contributed by atoms with van der Waals surface area (Å²) in [5, 5.41) is 2.79. The van der Waals surface area contributed by atoms with E-state index in [0.717, 1.165) is 28.7 Å². The number of imide groups is 1. The van der Waals surface area contributed by atoms with Crippen molar-refractivity contribution in [2.75, 3.05) is 11.4 Å². The molecule has 156 valence electrons. The van der Waals surface area contributed by atoms with Crippen LogP contribution >= 0.6 is 11.3 Å².